The first-order valence-corrected chi connectivity index (χ1v) is 9.87. The Morgan fingerprint density at radius 3 is 2.52 bits per heavy atom. The second-order valence-corrected chi connectivity index (χ2v) is 6.77. The van der Waals surface area contributed by atoms with Crippen LogP contribution in [0.1, 0.15) is 32.3 Å². The molecule has 5 nitrogen and oxygen atoms in total. The Kier molecular flexibility index (Phi) is 7.22. The van der Waals surface area contributed by atoms with E-state index in [0.29, 0.717) is 5.75 Å². The van der Waals surface area contributed by atoms with Crippen molar-refractivity contribution in [3.63, 3.8) is 0 Å². The average molecular weight is 390 g/mol. The maximum absolute atomic E-state index is 12.2. The average Bonchev–Trinajstić information content (AvgIpc) is 2.75. The van der Waals surface area contributed by atoms with Crippen LogP contribution in [0.3, 0.4) is 0 Å². The zero-order valence-electron chi connectivity index (χ0n) is 16.8. The van der Waals surface area contributed by atoms with Crippen LogP contribution >= 0.6 is 0 Å². The number of carbonyl (C=O) groups excluding carboxylic acids is 1. The van der Waals surface area contributed by atoms with Crippen molar-refractivity contribution in [3.05, 3.63) is 72.3 Å². The van der Waals surface area contributed by atoms with Gasteiger partial charge in [-0.2, -0.15) is 5.10 Å². The molecule has 1 N–H and O–H groups in total. The van der Waals surface area contributed by atoms with Crippen molar-refractivity contribution in [1.29, 1.82) is 0 Å². The third-order valence-corrected chi connectivity index (χ3v) is 4.44. The van der Waals surface area contributed by atoms with Gasteiger partial charge >= 0.3 is 0 Å². The topological polar surface area (TPSA) is 59.9 Å². The number of hydrogen-bond donors (Lipinski definition) is 1. The van der Waals surface area contributed by atoms with Gasteiger partial charge in [-0.05, 0) is 66.1 Å². The molecule has 5 heteroatoms. The molecule has 29 heavy (non-hydrogen) atoms. The van der Waals surface area contributed by atoms with Crippen molar-refractivity contribution in [2.75, 3.05) is 6.61 Å². The molecule has 0 fully saturated rings. The van der Waals surface area contributed by atoms with E-state index in [0.717, 1.165) is 41.5 Å². The Balaban J connectivity index is 1.50. The number of ether oxygens (including phenoxy) is 2. The summed E-state index contributed by atoms with van der Waals surface area (Å²) in [6.45, 7) is 4.54. The first kappa shape index (κ1) is 20.4. The van der Waals surface area contributed by atoms with Crippen LogP contribution in [0.2, 0.25) is 0 Å². The molecule has 0 aliphatic heterocycles. The van der Waals surface area contributed by atoms with Gasteiger partial charge in [0.1, 0.15) is 11.5 Å². The maximum Gasteiger partial charge on any atom is 0.280 e. The summed E-state index contributed by atoms with van der Waals surface area (Å²) in [5, 5.41) is 6.21. The van der Waals surface area contributed by atoms with E-state index in [1.807, 2.05) is 66.7 Å². The van der Waals surface area contributed by atoms with Crippen molar-refractivity contribution in [2.45, 2.75) is 32.8 Å². The van der Waals surface area contributed by atoms with E-state index in [1.165, 1.54) is 0 Å². The standard InChI is InChI=1S/C24H26N2O3/c1-3-4-15-28-22-12-9-19(10-13-22)17-25-26-24(27)18(2)29-23-14-11-20-7-5-6-8-21(20)16-23/h5-14,16-18H,3-4,15H2,1-2H3,(H,26,27)/b25-17+. The summed E-state index contributed by atoms with van der Waals surface area (Å²) >= 11 is 0. The molecule has 0 aromatic heterocycles. The quantitative estimate of drug-likeness (QED) is 0.320. The highest BCUT2D eigenvalue weighted by atomic mass is 16.5. The fraction of sp³-hybridized carbons (Fsp3) is 0.250. The molecule has 3 rings (SSSR count). The van der Waals surface area contributed by atoms with Crippen LogP contribution in [0.5, 0.6) is 11.5 Å². The molecule has 0 aliphatic rings. The lowest BCUT2D eigenvalue weighted by atomic mass is 10.1. The van der Waals surface area contributed by atoms with Crippen LogP contribution < -0.4 is 14.9 Å². The summed E-state index contributed by atoms with van der Waals surface area (Å²) in [6.07, 6.45) is 3.07. The Bertz CT molecular complexity index is 967. The molecule has 0 aliphatic carbocycles. The highest BCUT2D eigenvalue weighted by Crippen LogP contribution is 2.21. The molecule has 0 radical (unpaired) electrons. The molecule has 0 saturated heterocycles. The Morgan fingerprint density at radius 2 is 1.76 bits per heavy atom. The fourth-order valence-electron chi connectivity index (χ4n) is 2.74. The van der Waals surface area contributed by atoms with Gasteiger partial charge in [0.05, 0.1) is 12.8 Å². The zero-order valence-corrected chi connectivity index (χ0v) is 16.8. The van der Waals surface area contributed by atoms with Crippen LogP contribution in [0.4, 0.5) is 0 Å². The first-order chi connectivity index (χ1) is 14.2. The van der Waals surface area contributed by atoms with Gasteiger partial charge in [-0.25, -0.2) is 5.43 Å². The maximum atomic E-state index is 12.2. The number of hydrogen-bond acceptors (Lipinski definition) is 4. The minimum absolute atomic E-state index is 0.311. The van der Waals surface area contributed by atoms with Gasteiger partial charge in [-0.1, -0.05) is 43.7 Å². The lowest BCUT2D eigenvalue weighted by molar-refractivity contribution is -0.127. The van der Waals surface area contributed by atoms with Crippen molar-refractivity contribution in [3.8, 4) is 11.5 Å². The van der Waals surface area contributed by atoms with Crippen LogP contribution in [0, 0.1) is 0 Å². The number of carbonyl (C=O) groups is 1. The number of nitrogens with one attached hydrogen (secondary N) is 1. The van der Waals surface area contributed by atoms with Gasteiger partial charge in [0.2, 0.25) is 0 Å². The van der Waals surface area contributed by atoms with Gasteiger partial charge in [-0.15, -0.1) is 0 Å². The monoisotopic (exact) mass is 390 g/mol. The van der Waals surface area contributed by atoms with Gasteiger partial charge in [0, 0.05) is 0 Å². The summed E-state index contributed by atoms with van der Waals surface area (Å²) in [7, 11) is 0. The molecule has 0 heterocycles. The minimum Gasteiger partial charge on any atom is -0.494 e. The third-order valence-electron chi connectivity index (χ3n) is 4.44. The second kappa shape index (κ2) is 10.3. The number of benzene rings is 3. The zero-order chi connectivity index (χ0) is 20.5. The van der Waals surface area contributed by atoms with Crippen LogP contribution in [0.15, 0.2) is 71.8 Å². The molecule has 150 valence electrons. The summed E-state index contributed by atoms with van der Waals surface area (Å²) in [5.74, 6) is 1.17. The number of hydrazone groups is 1. The van der Waals surface area contributed by atoms with Crippen molar-refractivity contribution in [2.24, 2.45) is 5.10 Å². The smallest absolute Gasteiger partial charge is 0.280 e. The first-order valence-electron chi connectivity index (χ1n) is 9.87. The third kappa shape index (κ3) is 6.07. The number of amides is 1. The highest BCUT2D eigenvalue weighted by Gasteiger charge is 2.14. The second-order valence-electron chi connectivity index (χ2n) is 6.77. The van der Waals surface area contributed by atoms with E-state index in [-0.39, 0.29) is 5.91 Å². The largest absolute Gasteiger partial charge is 0.494 e. The number of fused-ring (bicyclic) bond motifs is 1. The molecule has 0 saturated carbocycles. The predicted octanol–water partition coefficient (Wildman–Crippen LogP) is 4.94. The van der Waals surface area contributed by atoms with Crippen LogP contribution in [0.25, 0.3) is 10.8 Å². The number of rotatable bonds is 9. The number of unbranched alkanes of at least 4 members (excludes halogenated alkanes) is 1. The molecular weight excluding hydrogens is 364 g/mol. The van der Waals surface area contributed by atoms with E-state index in [9.17, 15) is 4.79 Å². The molecule has 3 aromatic carbocycles. The van der Waals surface area contributed by atoms with Crippen molar-refractivity contribution >= 4 is 22.9 Å². The predicted molar refractivity (Wildman–Crippen MR) is 117 cm³/mol. The summed E-state index contributed by atoms with van der Waals surface area (Å²) in [4.78, 5) is 12.2. The molecule has 0 bridgehead atoms. The summed E-state index contributed by atoms with van der Waals surface area (Å²) in [5.41, 5.74) is 3.39. The lowest BCUT2D eigenvalue weighted by Crippen LogP contribution is -2.33. The molecule has 1 atom stereocenters. The molecule has 3 aromatic rings. The van der Waals surface area contributed by atoms with Gasteiger partial charge in [0.15, 0.2) is 6.10 Å². The lowest BCUT2D eigenvalue weighted by Gasteiger charge is -2.13. The Morgan fingerprint density at radius 1 is 1.03 bits per heavy atom. The van der Waals surface area contributed by atoms with Gasteiger partial charge < -0.3 is 9.47 Å². The van der Waals surface area contributed by atoms with E-state index >= 15 is 0 Å². The summed E-state index contributed by atoms with van der Waals surface area (Å²) < 4.78 is 11.4. The van der Waals surface area contributed by atoms with Crippen LogP contribution in [-0.2, 0) is 4.79 Å². The fourth-order valence-corrected chi connectivity index (χ4v) is 2.74. The highest BCUT2D eigenvalue weighted by molar-refractivity contribution is 5.85. The van der Waals surface area contributed by atoms with Crippen LogP contribution in [-0.4, -0.2) is 24.8 Å². The van der Waals surface area contributed by atoms with Gasteiger partial charge in [-0.3, -0.25) is 4.79 Å². The summed E-state index contributed by atoms with van der Waals surface area (Å²) in [6, 6.07) is 21.3. The molecule has 1 amide bonds. The van der Waals surface area contributed by atoms with Crippen molar-refractivity contribution in [1.82, 2.24) is 5.43 Å². The Labute approximate surface area is 171 Å². The van der Waals surface area contributed by atoms with E-state index < -0.39 is 6.10 Å². The van der Waals surface area contributed by atoms with Crippen molar-refractivity contribution < 1.29 is 14.3 Å². The van der Waals surface area contributed by atoms with E-state index in [4.69, 9.17) is 9.47 Å². The molecule has 1 unspecified atom stereocenters. The number of nitrogens with zero attached hydrogens (tertiary/aromatic N) is 1. The Hall–Kier alpha value is -3.34. The van der Waals surface area contributed by atoms with E-state index in [2.05, 4.69) is 17.5 Å². The molecular formula is C24H26N2O3. The normalized spacial score (nSPS) is 12.1. The van der Waals surface area contributed by atoms with E-state index in [1.54, 1.807) is 13.1 Å². The SMILES string of the molecule is CCCCOc1ccc(/C=N/NC(=O)C(C)Oc2ccc3ccccc3c2)cc1. The molecule has 0 spiro atoms. The van der Waals surface area contributed by atoms with Gasteiger partial charge in [0.25, 0.3) is 5.91 Å². The minimum atomic E-state index is -0.664.